The van der Waals surface area contributed by atoms with Crippen molar-refractivity contribution in [3.8, 4) is 0 Å². The van der Waals surface area contributed by atoms with E-state index in [0.29, 0.717) is 23.3 Å². The molecule has 0 fully saturated rings. The Morgan fingerprint density at radius 1 is 1.40 bits per heavy atom. The fraction of sp³-hybridized carbons (Fsp3) is 0.467. The Bertz CT molecular complexity index is 489. The molecule has 0 aromatic heterocycles. The molecule has 1 rings (SSSR count). The Labute approximate surface area is 125 Å². The number of benzene rings is 1. The second-order valence-corrected chi connectivity index (χ2v) is 5.01. The van der Waals surface area contributed by atoms with Gasteiger partial charge in [0.1, 0.15) is 0 Å². The van der Waals surface area contributed by atoms with Crippen molar-refractivity contribution < 1.29 is 9.53 Å². The van der Waals surface area contributed by atoms with Crippen molar-refractivity contribution in [1.29, 1.82) is 0 Å². The SMILES string of the molecule is CCOC(=O)c1cccc(NC(=S)N[C@@H](C)CC)c1C. The third-order valence-corrected chi connectivity index (χ3v) is 3.29. The van der Waals surface area contributed by atoms with E-state index in [4.69, 9.17) is 17.0 Å². The van der Waals surface area contributed by atoms with Crippen molar-refractivity contribution in [2.45, 2.75) is 40.2 Å². The van der Waals surface area contributed by atoms with Gasteiger partial charge in [0.25, 0.3) is 0 Å². The number of thiocarbonyl (C=S) groups is 1. The van der Waals surface area contributed by atoms with Gasteiger partial charge in [0, 0.05) is 11.7 Å². The molecule has 5 heteroatoms. The molecule has 0 aliphatic carbocycles. The monoisotopic (exact) mass is 294 g/mol. The smallest absolute Gasteiger partial charge is 0.338 e. The number of esters is 1. The Balaban J connectivity index is 2.84. The molecular weight excluding hydrogens is 272 g/mol. The number of rotatable bonds is 5. The van der Waals surface area contributed by atoms with Gasteiger partial charge >= 0.3 is 5.97 Å². The molecule has 0 saturated carbocycles. The first-order valence-corrected chi connectivity index (χ1v) is 7.24. The number of hydrogen-bond acceptors (Lipinski definition) is 3. The van der Waals surface area contributed by atoms with Gasteiger partial charge in [-0.2, -0.15) is 0 Å². The molecule has 1 atom stereocenters. The van der Waals surface area contributed by atoms with Gasteiger partial charge in [-0.1, -0.05) is 13.0 Å². The zero-order valence-corrected chi connectivity index (χ0v) is 13.3. The molecule has 1 aromatic rings. The van der Waals surface area contributed by atoms with Crippen molar-refractivity contribution in [3.63, 3.8) is 0 Å². The van der Waals surface area contributed by atoms with E-state index in [-0.39, 0.29) is 5.97 Å². The molecule has 2 N–H and O–H groups in total. The minimum Gasteiger partial charge on any atom is -0.462 e. The standard InChI is InChI=1S/C15H22N2O2S/c1-5-10(3)16-15(20)17-13-9-7-8-12(11(13)4)14(18)19-6-2/h7-10H,5-6H2,1-4H3,(H2,16,17,20)/t10-/m0/s1. The molecule has 0 heterocycles. The summed E-state index contributed by atoms with van der Waals surface area (Å²) in [7, 11) is 0. The first-order valence-electron chi connectivity index (χ1n) is 6.83. The molecule has 0 radical (unpaired) electrons. The summed E-state index contributed by atoms with van der Waals surface area (Å²) in [5, 5.41) is 6.87. The normalized spacial score (nSPS) is 11.6. The highest BCUT2D eigenvalue weighted by molar-refractivity contribution is 7.80. The molecule has 0 aliphatic heterocycles. The third-order valence-electron chi connectivity index (χ3n) is 3.07. The van der Waals surface area contributed by atoms with E-state index in [0.717, 1.165) is 17.7 Å². The van der Waals surface area contributed by atoms with Crippen LogP contribution in [0.3, 0.4) is 0 Å². The van der Waals surface area contributed by atoms with E-state index in [1.54, 1.807) is 13.0 Å². The van der Waals surface area contributed by atoms with Gasteiger partial charge in [-0.25, -0.2) is 4.79 Å². The molecule has 0 aliphatic rings. The number of carbonyl (C=O) groups is 1. The van der Waals surface area contributed by atoms with Gasteiger partial charge in [-0.05, 0) is 57.1 Å². The fourth-order valence-electron chi connectivity index (χ4n) is 1.69. The van der Waals surface area contributed by atoms with Crippen LogP contribution in [0.4, 0.5) is 5.69 Å². The Morgan fingerprint density at radius 3 is 2.70 bits per heavy atom. The predicted molar refractivity (Wildman–Crippen MR) is 86.2 cm³/mol. The minimum atomic E-state index is -0.311. The van der Waals surface area contributed by atoms with Gasteiger partial charge in [0.15, 0.2) is 5.11 Å². The quantitative estimate of drug-likeness (QED) is 0.645. The molecule has 0 amide bonds. The average Bonchev–Trinajstić information content (AvgIpc) is 2.41. The summed E-state index contributed by atoms with van der Waals surface area (Å²) < 4.78 is 5.04. The second kappa shape index (κ2) is 7.85. The first-order chi connectivity index (χ1) is 9.49. The van der Waals surface area contributed by atoms with Crippen molar-refractivity contribution in [2.24, 2.45) is 0 Å². The number of nitrogens with one attached hydrogen (secondary N) is 2. The van der Waals surface area contributed by atoms with Gasteiger partial charge in [-0.3, -0.25) is 0 Å². The summed E-state index contributed by atoms with van der Waals surface area (Å²) in [6.45, 7) is 8.19. The molecular formula is C15H22N2O2S. The van der Waals surface area contributed by atoms with Crippen LogP contribution in [0.25, 0.3) is 0 Å². The molecule has 0 saturated heterocycles. The van der Waals surface area contributed by atoms with Gasteiger partial charge in [-0.15, -0.1) is 0 Å². The molecule has 1 aromatic carbocycles. The van der Waals surface area contributed by atoms with Crippen molar-refractivity contribution in [2.75, 3.05) is 11.9 Å². The third kappa shape index (κ3) is 4.49. The van der Waals surface area contributed by atoms with Gasteiger partial charge in [0.2, 0.25) is 0 Å². The molecule has 0 bridgehead atoms. The lowest BCUT2D eigenvalue weighted by atomic mass is 10.1. The van der Waals surface area contributed by atoms with Crippen LogP contribution in [0.1, 0.15) is 43.1 Å². The summed E-state index contributed by atoms with van der Waals surface area (Å²) in [5.41, 5.74) is 2.21. The topological polar surface area (TPSA) is 50.4 Å². The first kappa shape index (κ1) is 16.4. The van der Waals surface area contributed by atoms with Crippen LogP contribution in [0.2, 0.25) is 0 Å². The van der Waals surface area contributed by atoms with Crippen molar-refractivity contribution in [3.05, 3.63) is 29.3 Å². The molecule has 110 valence electrons. The largest absolute Gasteiger partial charge is 0.462 e. The van der Waals surface area contributed by atoms with Crippen LogP contribution in [0.5, 0.6) is 0 Å². The lowest BCUT2D eigenvalue weighted by Gasteiger charge is -2.17. The number of anilines is 1. The maximum Gasteiger partial charge on any atom is 0.338 e. The van der Waals surface area contributed by atoms with Crippen LogP contribution in [0, 0.1) is 6.92 Å². The van der Waals surface area contributed by atoms with E-state index in [1.165, 1.54) is 0 Å². The van der Waals surface area contributed by atoms with E-state index in [2.05, 4.69) is 24.5 Å². The predicted octanol–water partition coefficient (Wildman–Crippen LogP) is 3.26. The van der Waals surface area contributed by atoms with Gasteiger partial charge < -0.3 is 15.4 Å². The molecule has 4 nitrogen and oxygen atoms in total. The van der Waals surface area contributed by atoms with Crippen LogP contribution in [0.15, 0.2) is 18.2 Å². The van der Waals surface area contributed by atoms with Crippen molar-refractivity contribution in [1.82, 2.24) is 5.32 Å². The van der Waals surface area contributed by atoms with Gasteiger partial charge in [0.05, 0.1) is 12.2 Å². The van der Waals surface area contributed by atoms with E-state index < -0.39 is 0 Å². The summed E-state index contributed by atoms with van der Waals surface area (Å²) >= 11 is 5.26. The number of carbonyl (C=O) groups excluding carboxylic acids is 1. The summed E-state index contributed by atoms with van der Waals surface area (Å²) in [6, 6.07) is 5.77. The number of ether oxygens (including phenoxy) is 1. The fourth-order valence-corrected chi connectivity index (χ4v) is 2.00. The Morgan fingerprint density at radius 2 is 2.10 bits per heavy atom. The second-order valence-electron chi connectivity index (χ2n) is 4.61. The highest BCUT2D eigenvalue weighted by atomic mass is 32.1. The van der Waals surface area contributed by atoms with Crippen LogP contribution >= 0.6 is 12.2 Å². The summed E-state index contributed by atoms with van der Waals surface area (Å²) in [6.07, 6.45) is 0.990. The van der Waals surface area contributed by atoms with Crippen LogP contribution < -0.4 is 10.6 Å². The van der Waals surface area contributed by atoms with Crippen molar-refractivity contribution >= 4 is 29.0 Å². The zero-order valence-electron chi connectivity index (χ0n) is 12.4. The van der Waals surface area contributed by atoms with E-state index >= 15 is 0 Å². The highest BCUT2D eigenvalue weighted by Gasteiger charge is 2.13. The summed E-state index contributed by atoms with van der Waals surface area (Å²) in [4.78, 5) is 11.8. The van der Waals surface area contributed by atoms with Crippen LogP contribution in [-0.4, -0.2) is 23.7 Å². The molecule has 0 unspecified atom stereocenters. The molecule has 0 spiro atoms. The lowest BCUT2D eigenvalue weighted by Crippen LogP contribution is -2.35. The maximum atomic E-state index is 11.8. The average molecular weight is 294 g/mol. The Kier molecular flexibility index (Phi) is 6.45. The van der Waals surface area contributed by atoms with E-state index in [1.807, 2.05) is 19.1 Å². The minimum absolute atomic E-state index is 0.309. The van der Waals surface area contributed by atoms with E-state index in [9.17, 15) is 4.79 Å². The maximum absolute atomic E-state index is 11.8. The van der Waals surface area contributed by atoms with Crippen LogP contribution in [-0.2, 0) is 4.74 Å². The molecule has 20 heavy (non-hydrogen) atoms. The Hall–Kier alpha value is -1.62. The zero-order chi connectivity index (χ0) is 15.1. The highest BCUT2D eigenvalue weighted by Crippen LogP contribution is 2.19. The number of hydrogen-bond donors (Lipinski definition) is 2. The lowest BCUT2D eigenvalue weighted by molar-refractivity contribution is 0.0525. The summed E-state index contributed by atoms with van der Waals surface area (Å²) in [5.74, 6) is -0.311.